The van der Waals surface area contributed by atoms with Gasteiger partial charge in [0.1, 0.15) is 0 Å². The van der Waals surface area contributed by atoms with Gasteiger partial charge in [-0.05, 0) is 44.9 Å². The summed E-state index contributed by atoms with van der Waals surface area (Å²) in [5.74, 6) is -0.236. The lowest BCUT2D eigenvalue weighted by molar-refractivity contribution is -0.140. The van der Waals surface area contributed by atoms with Gasteiger partial charge >= 0.3 is 11.8 Å². The summed E-state index contributed by atoms with van der Waals surface area (Å²) in [7, 11) is 0. The summed E-state index contributed by atoms with van der Waals surface area (Å²) in [5.41, 5.74) is 0. The van der Waals surface area contributed by atoms with Crippen molar-refractivity contribution >= 4 is 11.8 Å². The molecule has 2 N–H and O–H groups in total. The van der Waals surface area contributed by atoms with Gasteiger partial charge in [0.2, 0.25) is 0 Å². The standard InChI is InChI=1S/C13H24N2O2/c1-4-10(3)14-12(16)13(17)15-11-7-5-9(2)6-8-11/h9-11H,4-8H2,1-3H3,(H,14,16)(H,15,17)/t9?,10-,11?/m1/s1. The highest BCUT2D eigenvalue weighted by atomic mass is 16.2. The molecule has 0 aromatic heterocycles. The van der Waals surface area contributed by atoms with Crippen molar-refractivity contribution in [3.63, 3.8) is 0 Å². The van der Waals surface area contributed by atoms with Crippen LogP contribution in [0, 0.1) is 5.92 Å². The van der Waals surface area contributed by atoms with E-state index in [1.54, 1.807) is 0 Å². The van der Waals surface area contributed by atoms with Gasteiger partial charge in [0, 0.05) is 12.1 Å². The Morgan fingerprint density at radius 3 is 2.29 bits per heavy atom. The van der Waals surface area contributed by atoms with Gasteiger partial charge < -0.3 is 10.6 Å². The van der Waals surface area contributed by atoms with E-state index in [2.05, 4.69) is 17.6 Å². The third-order valence-corrected chi connectivity index (χ3v) is 3.55. The fourth-order valence-corrected chi connectivity index (χ4v) is 2.05. The average molecular weight is 240 g/mol. The SMILES string of the molecule is CC[C@@H](C)NC(=O)C(=O)NC1CCC(C)CC1. The van der Waals surface area contributed by atoms with Crippen molar-refractivity contribution in [1.29, 1.82) is 0 Å². The summed E-state index contributed by atoms with van der Waals surface area (Å²) in [6, 6.07) is 0.237. The monoisotopic (exact) mass is 240 g/mol. The molecule has 0 aromatic rings. The molecule has 98 valence electrons. The first-order valence-electron chi connectivity index (χ1n) is 6.64. The van der Waals surface area contributed by atoms with Crippen LogP contribution in [-0.4, -0.2) is 23.9 Å². The van der Waals surface area contributed by atoms with Crippen molar-refractivity contribution in [2.24, 2.45) is 5.92 Å². The van der Waals surface area contributed by atoms with Crippen LogP contribution in [0.3, 0.4) is 0 Å². The maximum atomic E-state index is 11.6. The molecule has 0 aliphatic heterocycles. The van der Waals surface area contributed by atoms with Crippen molar-refractivity contribution in [3.05, 3.63) is 0 Å². The Balaban J connectivity index is 2.31. The van der Waals surface area contributed by atoms with Gasteiger partial charge in [-0.1, -0.05) is 13.8 Å². The van der Waals surface area contributed by atoms with E-state index in [0.717, 1.165) is 38.0 Å². The van der Waals surface area contributed by atoms with E-state index >= 15 is 0 Å². The number of amides is 2. The molecule has 1 fully saturated rings. The van der Waals surface area contributed by atoms with E-state index in [1.807, 2.05) is 13.8 Å². The summed E-state index contributed by atoms with van der Waals surface area (Å²) in [4.78, 5) is 23.1. The number of nitrogens with one attached hydrogen (secondary N) is 2. The third kappa shape index (κ3) is 4.75. The lowest BCUT2D eigenvalue weighted by Crippen LogP contribution is -2.47. The molecule has 1 saturated carbocycles. The number of hydrogen-bond donors (Lipinski definition) is 2. The van der Waals surface area contributed by atoms with Gasteiger partial charge in [-0.15, -0.1) is 0 Å². The molecular formula is C13H24N2O2. The van der Waals surface area contributed by atoms with E-state index < -0.39 is 11.8 Å². The molecule has 0 heterocycles. The Morgan fingerprint density at radius 2 is 1.76 bits per heavy atom. The van der Waals surface area contributed by atoms with Crippen LogP contribution in [0.5, 0.6) is 0 Å². The molecule has 2 amide bonds. The van der Waals surface area contributed by atoms with Crippen molar-refractivity contribution in [3.8, 4) is 0 Å². The maximum absolute atomic E-state index is 11.6. The van der Waals surface area contributed by atoms with E-state index in [9.17, 15) is 9.59 Å². The fraction of sp³-hybridized carbons (Fsp3) is 0.846. The molecular weight excluding hydrogens is 216 g/mol. The Kier molecular flexibility index (Phi) is 5.45. The molecule has 1 aliphatic carbocycles. The minimum absolute atomic E-state index is 0.0552. The summed E-state index contributed by atoms with van der Waals surface area (Å²) in [5, 5.41) is 5.49. The second-order valence-corrected chi connectivity index (χ2v) is 5.21. The maximum Gasteiger partial charge on any atom is 0.309 e. The van der Waals surface area contributed by atoms with Crippen LogP contribution in [0.15, 0.2) is 0 Å². The minimum atomic E-state index is -0.502. The van der Waals surface area contributed by atoms with Crippen molar-refractivity contribution in [2.45, 2.75) is 65.0 Å². The molecule has 1 rings (SSSR count). The van der Waals surface area contributed by atoms with Gasteiger partial charge in [-0.2, -0.15) is 0 Å². The van der Waals surface area contributed by atoms with Crippen molar-refractivity contribution < 1.29 is 9.59 Å². The predicted molar refractivity (Wildman–Crippen MR) is 67.5 cm³/mol. The Labute approximate surface area is 104 Å². The zero-order chi connectivity index (χ0) is 12.8. The van der Waals surface area contributed by atoms with Crippen LogP contribution in [0.1, 0.15) is 52.9 Å². The van der Waals surface area contributed by atoms with Gasteiger partial charge in [0.05, 0.1) is 0 Å². The topological polar surface area (TPSA) is 58.2 Å². The summed E-state index contributed by atoms with van der Waals surface area (Å²) in [6.07, 6.45) is 5.09. The quantitative estimate of drug-likeness (QED) is 0.736. The highest BCUT2D eigenvalue weighted by molar-refractivity contribution is 6.35. The number of carbonyl (C=O) groups is 2. The normalized spacial score (nSPS) is 26.1. The molecule has 4 nitrogen and oxygen atoms in total. The highest BCUT2D eigenvalue weighted by Crippen LogP contribution is 2.23. The first-order valence-corrected chi connectivity index (χ1v) is 6.64. The molecule has 0 radical (unpaired) electrons. The average Bonchev–Trinajstić information content (AvgIpc) is 2.31. The molecule has 0 saturated heterocycles. The number of carbonyl (C=O) groups excluding carboxylic acids is 2. The largest absolute Gasteiger partial charge is 0.345 e. The van der Waals surface area contributed by atoms with E-state index in [-0.39, 0.29) is 12.1 Å². The van der Waals surface area contributed by atoms with Gasteiger partial charge in [0.15, 0.2) is 0 Å². The summed E-state index contributed by atoms with van der Waals surface area (Å²) in [6.45, 7) is 6.10. The molecule has 1 aliphatic rings. The zero-order valence-corrected chi connectivity index (χ0v) is 11.1. The van der Waals surface area contributed by atoms with Crippen LogP contribution in [0.4, 0.5) is 0 Å². The minimum Gasteiger partial charge on any atom is -0.345 e. The van der Waals surface area contributed by atoms with E-state index in [0.29, 0.717) is 0 Å². The van der Waals surface area contributed by atoms with Gasteiger partial charge in [0.25, 0.3) is 0 Å². The van der Waals surface area contributed by atoms with Crippen LogP contribution < -0.4 is 10.6 Å². The lowest BCUT2D eigenvalue weighted by atomic mass is 9.87. The lowest BCUT2D eigenvalue weighted by Gasteiger charge is -2.26. The smallest absolute Gasteiger partial charge is 0.309 e. The number of rotatable bonds is 3. The Hall–Kier alpha value is -1.06. The van der Waals surface area contributed by atoms with Crippen molar-refractivity contribution in [2.75, 3.05) is 0 Å². The van der Waals surface area contributed by atoms with Crippen LogP contribution in [0.2, 0.25) is 0 Å². The predicted octanol–water partition coefficient (Wildman–Crippen LogP) is 1.60. The first-order chi connectivity index (χ1) is 8.02. The third-order valence-electron chi connectivity index (χ3n) is 3.55. The van der Waals surface area contributed by atoms with E-state index in [4.69, 9.17) is 0 Å². The second kappa shape index (κ2) is 6.62. The fourth-order valence-electron chi connectivity index (χ4n) is 2.05. The van der Waals surface area contributed by atoms with Crippen LogP contribution in [0.25, 0.3) is 0 Å². The summed E-state index contributed by atoms with van der Waals surface area (Å²) >= 11 is 0. The molecule has 4 heteroatoms. The second-order valence-electron chi connectivity index (χ2n) is 5.21. The number of hydrogen-bond acceptors (Lipinski definition) is 2. The molecule has 1 atom stereocenters. The zero-order valence-electron chi connectivity index (χ0n) is 11.1. The van der Waals surface area contributed by atoms with Crippen LogP contribution >= 0.6 is 0 Å². The molecule has 17 heavy (non-hydrogen) atoms. The molecule has 0 bridgehead atoms. The van der Waals surface area contributed by atoms with Gasteiger partial charge in [-0.3, -0.25) is 9.59 Å². The van der Waals surface area contributed by atoms with E-state index in [1.165, 1.54) is 0 Å². The Morgan fingerprint density at radius 1 is 1.18 bits per heavy atom. The highest BCUT2D eigenvalue weighted by Gasteiger charge is 2.23. The van der Waals surface area contributed by atoms with Crippen molar-refractivity contribution in [1.82, 2.24) is 10.6 Å². The molecule has 0 spiro atoms. The Bertz CT molecular complexity index is 271. The van der Waals surface area contributed by atoms with Gasteiger partial charge in [-0.25, -0.2) is 0 Å². The molecule has 0 aromatic carbocycles. The van der Waals surface area contributed by atoms with Crippen LogP contribution in [-0.2, 0) is 9.59 Å². The first kappa shape index (κ1) is 14.0. The molecule has 0 unspecified atom stereocenters. The summed E-state index contributed by atoms with van der Waals surface area (Å²) < 4.78 is 0.